The topological polar surface area (TPSA) is 9.23 Å². The van der Waals surface area contributed by atoms with Crippen LogP contribution in [-0.2, 0) is 0 Å². The smallest absolute Gasteiger partial charge is 0.120 e. The molecule has 3 heteroatoms. The van der Waals surface area contributed by atoms with Gasteiger partial charge in [0.25, 0.3) is 0 Å². The van der Waals surface area contributed by atoms with E-state index in [0.717, 1.165) is 16.0 Å². The van der Waals surface area contributed by atoms with Crippen LogP contribution in [0.25, 0.3) is 0 Å². The maximum absolute atomic E-state index is 5.50. The van der Waals surface area contributed by atoms with Crippen LogP contribution in [0.2, 0.25) is 0 Å². The molecule has 1 aromatic rings. The molecular formula is C11H13BrOS. The molecule has 1 rings (SSSR count). The molecule has 0 radical (unpaired) electrons. The average molecular weight is 273 g/mol. The van der Waals surface area contributed by atoms with Crippen molar-refractivity contribution < 1.29 is 4.74 Å². The molecule has 0 fully saturated rings. The van der Waals surface area contributed by atoms with E-state index >= 15 is 0 Å². The Kier molecular flexibility index (Phi) is 5.12. The maximum Gasteiger partial charge on any atom is 0.120 e. The fourth-order valence-electron chi connectivity index (χ4n) is 0.994. The Labute approximate surface area is 98.7 Å². The molecule has 1 nitrogen and oxygen atoms in total. The van der Waals surface area contributed by atoms with Crippen molar-refractivity contribution in [3.63, 3.8) is 0 Å². The van der Waals surface area contributed by atoms with Gasteiger partial charge in [0.05, 0.1) is 0 Å². The molecule has 0 heterocycles. The van der Waals surface area contributed by atoms with Gasteiger partial charge in [0.2, 0.25) is 0 Å². The van der Waals surface area contributed by atoms with Crippen LogP contribution in [0, 0.1) is 6.92 Å². The van der Waals surface area contributed by atoms with Gasteiger partial charge in [0.15, 0.2) is 0 Å². The fourth-order valence-corrected chi connectivity index (χ4v) is 1.39. The maximum atomic E-state index is 5.50. The van der Waals surface area contributed by atoms with Crippen LogP contribution >= 0.6 is 28.6 Å². The molecule has 0 N–H and O–H groups in total. The van der Waals surface area contributed by atoms with Crippen LogP contribution in [-0.4, -0.2) is 12.4 Å². The van der Waals surface area contributed by atoms with E-state index in [1.165, 1.54) is 5.56 Å². The van der Waals surface area contributed by atoms with Crippen molar-refractivity contribution in [2.24, 2.45) is 0 Å². The number of rotatable bonds is 4. The summed E-state index contributed by atoms with van der Waals surface area (Å²) in [4.78, 5) is 0. The van der Waals surface area contributed by atoms with Crippen LogP contribution in [0.5, 0.6) is 5.75 Å². The molecule has 0 saturated carbocycles. The van der Waals surface area contributed by atoms with Gasteiger partial charge in [0.1, 0.15) is 12.4 Å². The lowest BCUT2D eigenvalue weighted by Gasteiger charge is -2.04. The number of benzene rings is 1. The van der Waals surface area contributed by atoms with E-state index in [0.29, 0.717) is 6.61 Å². The minimum atomic E-state index is 0.599. The highest BCUT2D eigenvalue weighted by Crippen LogP contribution is 2.21. The van der Waals surface area contributed by atoms with Gasteiger partial charge in [0, 0.05) is 10.2 Å². The minimum Gasteiger partial charge on any atom is -0.490 e. The molecule has 0 atom stereocenters. The van der Waals surface area contributed by atoms with Crippen LogP contribution in [0.3, 0.4) is 0 Å². The Hall–Kier alpha value is -0.410. The molecule has 0 unspecified atom stereocenters. The Bertz CT molecular complexity index is 323. The number of ether oxygens (including phenoxy) is 1. The lowest BCUT2D eigenvalue weighted by atomic mass is 10.2. The number of hydrogen-bond acceptors (Lipinski definition) is 2. The van der Waals surface area contributed by atoms with Crippen LogP contribution < -0.4 is 4.74 Å². The zero-order chi connectivity index (χ0) is 10.4. The van der Waals surface area contributed by atoms with E-state index < -0.39 is 0 Å². The third-order valence-electron chi connectivity index (χ3n) is 1.75. The fraction of sp³-hybridized carbons (Fsp3) is 0.273. The van der Waals surface area contributed by atoms with Crippen molar-refractivity contribution in [3.8, 4) is 5.75 Å². The summed E-state index contributed by atoms with van der Waals surface area (Å²) >= 11 is 7.50. The second kappa shape index (κ2) is 6.14. The Morgan fingerprint density at radius 2 is 2.21 bits per heavy atom. The van der Waals surface area contributed by atoms with E-state index in [2.05, 4.69) is 28.6 Å². The van der Waals surface area contributed by atoms with Crippen LogP contribution in [0.15, 0.2) is 34.8 Å². The first kappa shape index (κ1) is 11.7. The number of thiol groups is 1. The van der Waals surface area contributed by atoms with E-state index in [4.69, 9.17) is 4.74 Å². The number of aryl methyl sites for hydroxylation is 1. The highest BCUT2D eigenvalue weighted by Gasteiger charge is 1.96. The summed E-state index contributed by atoms with van der Waals surface area (Å²) in [6, 6.07) is 5.96. The molecule has 14 heavy (non-hydrogen) atoms. The second-order valence-electron chi connectivity index (χ2n) is 2.88. The van der Waals surface area contributed by atoms with Crippen molar-refractivity contribution >= 4 is 28.6 Å². The van der Waals surface area contributed by atoms with Crippen molar-refractivity contribution in [2.75, 3.05) is 12.4 Å². The largest absolute Gasteiger partial charge is 0.490 e. The van der Waals surface area contributed by atoms with Gasteiger partial charge < -0.3 is 4.74 Å². The van der Waals surface area contributed by atoms with E-state index in [9.17, 15) is 0 Å². The molecule has 0 amide bonds. The summed E-state index contributed by atoms with van der Waals surface area (Å²) in [6.07, 6.45) is 3.93. The van der Waals surface area contributed by atoms with E-state index in [1.807, 2.05) is 37.3 Å². The monoisotopic (exact) mass is 272 g/mol. The highest BCUT2D eigenvalue weighted by atomic mass is 79.9. The van der Waals surface area contributed by atoms with Crippen LogP contribution in [0.4, 0.5) is 0 Å². The SMILES string of the molecule is Cc1cc(OC/C=C/CS)ccc1Br. The predicted octanol–water partition coefficient (Wildman–Crippen LogP) is 3.62. The predicted molar refractivity (Wildman–Crippen MR) is 67.4 cm³/mol. The summed E-state index contributed by atoms with van der Waals surface area (Å²) in [5.74, 6) is 1.65. The van der Waals surface area contributed by atoms with Gasteiger partial charge in [-0.1, -0.05) is 28.1 Å². The van der Waals surface area contributed by atoms with Gasteiger partial charge in [-0.05, 0) is 30.7 Å². The normalized spacial score (nSPS) is 10.8. The lowest BCUT2D eigenvalue weighted by molar-refractivity contribution is 0.362. The highest BCUT2D eigenvalue weighted by molar-refractivity contribution is 9.10. The molecule has 0 saturated heterocycles. The summed E-state index contributed by atoms with van der Waals surface area (Å²) in [5.41, 5.74) is 1.18. The van der Waals surface area contributed by atoms with Gasteiger partial charge in [-0.3, -0.25) is 0 Å². The third-order valence-corrected chi connectivity index (χ3v) is 2.85. The Morgan fingerprint density at radius 1 is 1.43 bits per heavy atom. The molecule has 0 spiro atoms. The second-order valence-corrected chi connectivity index (χ2v) is 4.10. The van der Waals surface area contributed by atoms with Crippen molar-refractivity contribution in [3.05, 3.63) is 40.4 Å². The van der Waals surface area contributed by atoms with E-state index in [1.54, 1.807) is 0 Å². The van der Waals surface area contributed by atoms with Gasteiger partial charge >= 0.3 is 0 Å². The quantitative estimate of drug-likeness (QED) is 0.651. The molecular weight excluding hydrogens is 260 g/mol. The molecule has 0 aliphatic rings. The summed E-state index contributed by atoms with van der Waals surface area (Å²) in [5, 5.41) is 0. The van der Waals surface area contributed by atoms with Gasteiger partial charge in [-0.25, -0.2) is 0 Å². The lowest BCUT2D eigenvalue weighted by Crippen LogP contribution is -1.93. The Balaban J connectivity index is 2.51. The number of hydrogen-bond donors (Lipinski definition) is 1. The summed E-state index contributed by atoms with van der Waals surface area (Å²) in [6.45, 7) is 2.64. The first-order chi connectivity index (χ1) is 6.74. The van der Waals surface area contributed by atoms with Gasteiger partial charge in [-0.15, -0.1) is 0 Å². The zero-order valence-corrected chi connectivity index (χ0v) is 10.5. The molecule has 0 aliphatic carbocycles. The molecule has 76 valence electrons. The number of halogens is 1. The molecule has 1 aromatic carbocycles. The molecule has 0 aromatic heterocycles. The standard InChI is InChI=1S/C11H13BrOS/c1-9-8-10(4-5-11(9)12)13-6-2-3-7-14/h2-5,8,14H,6-7H2,1H3/b3-2+. The molecule has 0 bridgehead atoms. The van der Waals surface area contributed by atoms with Crippen molar-refractivity contribution in [1.29, 1.82) is 0 Å². The average Bonchev–Trinajstić information content (AvgIpc) is 2.18. The van der Waals surface area contributed by atoms with E-state index in [-0.39, 0.29) is 0 Å². The van der Waals surface area contributed by atoms with Crippen LogP contribution in [0.1, 0.15) is 5.56 Å². The first-order valence-electron chi connectivity index (χ1n) is 4.39. The van der Waals surface area contributed by atoms with Gasteiger partial charge in [-0.2, -0.15) is 12.6 Å². The Morgan fingerprint density at radius 3 is 2.86 bits per heavy atom. The summed E-state index contributed by atoms with van der Waals surface area (Å²) in [7, 11) is 0. The summed E-state index contributed by atoms with van der Waals surface area (Å²) < 4.78 is 6.61. The minimum absolute atomic E-state index is 0.599. The first-order valence-corrected chi connectivity index (χ1v) is 5.81. The zero-order valence-electron chi connectivity index (χ0n) is 8.03. The van der Waals surface area contributed by atoms with Crippen molar-refractivity contribution in [2.45, 2.75) is 6.92 Å². The van der Waals surface area contributed by atoms with Crippen molar-refractivity contribution in [1.82, 2.24) is 0 Å². The molecule has 0 aliphatic heterocycles. The third kappa shape index (κ3) is 3.76.